The Labute approximate surface area is 101 Å². The molecule has 2 heteroatoms. The molecular weight excluding hydrogens is 208 g/mol. The van der Waals surface area contributed by atoms with Crippen molar-refractivity contribution in [3.8, 4) is 0 Å². The third-order valence-corrected chi connectivity index (χ3v) is 3.02. The van der Waals surface area contributed by atoms with Gasteiger partial charge >= 0.3 is 0 Å². The first-order valence-corrected chi connectivity index (χ1v) is 5.71. The largest absolute Gasteiger partial charge is 0.378 e. The summed E-state index contributed by atoms with van der Waals surface area (Å²) in [7, 11) is 4.10. The van der Waals surface area contributed by atoms with Crippen molar-refractivity contribution >= 4 is 27.5 Å². The number of para-hydroxylation sites is 1. The van der Waals surface area contributed by atoms with Gasteiger partial charge in [0, 0.05) is 30.6 Å². The van der Waals surface area contributed by atoms with E-state index < -0.39 is 0 Å². The monoisotopic (exact) mass is 222 g/mol. The zero-order chi connectivity index (χ0) is 11.8. The van der Waals surface area contributed by atoms with Gasteiger partial charge in [0.25, 0.3) is 0 Å². The van der Waals surface area contributed by atoms with Crippen molar-refractivity contribution in [2.24, 2.45) is 0 Å². The highest BCUT2D eigenvalue weighted by Crippen LogP contribution is 2.23. The van der Waals surface area contributed by atoms with Crippen LogP contribution < -0.4 is 4.90 Å². The lowest BCUT2D eigenvalue weighted by molar-refractivity contribution is 1.13. The molecule has 0 saturated heterocycles. The molecule has 3 aromatic rings. The third-order valence-electron chi connectivity index (χ3n) is 3.02. The Hall–Kier alpha value is -2.09. The number of hydrogen-bond acceptors (Lipinski definition) is 2. The van der Waals surface area contributed by atoms with E-state index in [-0.39, 0.29) is 0 Å². The van der Waals surface area contributed by atoms with Gasteiger partial charge in [-0.25, -0.2) is 4.98 Å². The molecule has 0 bridgehead atoms. The van der Waals surface area contributed by atoms with Crippen LogP contribution in [0.25, 0.3) is 21.8 Å². The molecular formula is C15H14N2. The Morgan fingerprint density at radius 3 is 2.41 bits per heavy atom. The molecule has 0 amide bonds. The van der Waals surface area contributed by atoms with Crippen LogP contribution in [0.15, 0.2) is 48.5 Å². The number of nitrogens with zero attached hydrogens (tertiary/aromatic N) is 2. The fourth-order valence-electron chi connectivity index (χ4n) is 2.05. The van der Waals surface area contributed by atoms with Crippen molar-refractivity contribution in [2.75, 3.05) is 19.0 Å². The van der Waals surface area contributed by atoms with Crippen molar-refractivity contribution in [1.29, 1.82) is 0 Å². The standard InChI is InChI=1S/C15H14N2/c1-17(2)13-7-8-15-12(10-13)9-11-5-3-4-6-14(11)16-15/h3-10H,1-2H3. The molecule has 17 heavy (non-hydrogen) atoms. The molecule has 84 valence electrons. The van der Waals surface area contributed by atoms with Gasteiger partial charge in [0.05, 0.1) is 11.0 Å². The number of pyridine rings is 1. The van der Waals surface area contributed by atoms with E-state index in [2.05, 4.69) is 60.4 Å². The Kier molecular flexibility index (Phi) is 2.22. The minimum atomic E-state index is 1.05. The molecule has 0 fully saturated rings. The summed E-state index contributed by atoms with van der Waals surface area (Å²) in [6, 6.07) is 16.8. The molecule has 0 saturated carbocycles. The van der Waals surface area contributed by atoms with Crippen LogP contribution in [0.3, 0.4) is 0 Å². The maximum atomic E-state index is 4.66. The maximum Gasteiger partial charge on any atom is 0.0711 e. The fraction of sp³-hybridized carbons (Fsp3) is 0.133. The van der Waals surface area contributed by atoms with Gasteiger partial charge in [0.2, 0.25) is 0 Å². The summed E-state index contributed by atoms with van der Waals surface area (Å²) in [6.07, 6.45) is 0. The zero-order valence-electron chi connectivity index (χ0n) is 10.0. The highest BCUT2D eigenvalue weighted by Gasteiger charge is 2.01. The summed E-state index contributed by atoms with van der Waals surface area (Å²) in [5.74, 6) is 0. The van der Waals surface area contributed by atoms with Crippen molar-refractivity contribution in [3.05, 3.63) is 48.5 Å². The molecule has 0 unspecified atom stereocenters. The molecule has 0 aliphatic carbocycles. The first-order chi connectivity index (χ1) is 8.24. The predicted molar refractivity (Wildman–Crippen MR) is 73.6 cm³/mol. The van der Waals surface area contributed by atoms with E-state index >= 15 is 0 Å². The molecule has 0 spiro atoms. The van der Waals surface area contributed by atoms with Gasteiger partial charge in [-0.15, -0.1) is 0 Å². The van der Waals surface area contributed by atoms with Crippen LogP contribution in [-0.2, 0) is 0 Å². The van der Waals surface area contributed by atoms with Gasteiger partial charge in [-0.3, -0.25) is 0 Å². The van der Waals surface area contributed by atoms with Gasteiger partial charge in [-0.2, -0.15) is 0 Å². The number of anilines is 1. The van der Waals surface area contributed by atoms with Crippen LogP contribution in [0.2, 0.25) is 0 Å². The first-order valence-electron chi connectivity index (χ1n) is 5.71. The lowest BCUT2D eigenvalue weighted by atomic mass is 10.1. The van der Waals surface area contributed by atoms with E-state index in [1.165, 1.54) is 16.5 Å². The number of fused-ring (bicyclic) bond motifs is 2. The Morgan fingerprint density at radius 1 is 0.824 bits per heavy atom. The minimum Gasteiger partial charge on any atom is -0.378 e. The van der Waals surface area contributed by atoms with Gasteiger partial charge in [-0.05, 0) is 30.3 Å². The molecule has 1 heterocycles. The molecule has 2 aromatic carbocycles. The second-order valence-electron chi connectivity index (χ2n) is 4.45. The number of aromatic nitrogens is 1. The van der Waals surface area contributed by atoms with E-state index in [0.29, 0.717) is 0 Å². The Balaban J connectivity index is 2.32. The third kappa shape index (κ3) is 1.72. The molecule has 0 radical (unpaired) electrons. The van der Waals surface area contributed by atoms with Crippen molar-refractivity contribution in [1.82, 2.24) is 4.98 Å². The second-order valence-corrected chi connectivity index (χ2v) is 4.45. The van der Waals surface area contributed by atoms with E-state index in [9.17, 15) is 0 Å². The van der Waals surface area contributed by atoms with Crippen LogP contribution in [0.5, 0.6) is 0 Å². The predicted octanol–water partition coefficient (Wildman–Crippen LogP) is 3.45. The second kappa shape index (κ2) is 3.74. The van der Waals surface area contributed by atoms with E-state index in [1.807, 2.05) is 12.1 Å². The smallest absolute Gasteiger partial charge is 0.0711 e. The lowest BCUT2D eigenvalue weighted by Gasteiger charge is -2.13. The van der Waals surface area contributed by atoms with Crippen LogP contribution in [0.1, 0.15) is 0 Å². The average molecular weight is 222 g/mol. The summed E-state index contributed by atoms with van der Waals surface area (Å²) >= 11 is 0. The molecule has 2 nitrogen and oxygen atoms in total. The van der Waals surface area contributed by atoms with Crippen LogP contribution >= 0.6 is 0 Å². The minimum absolute atomic E-state index is 1.05. The quantitative estimate of drug-likeness (QED) is 0.586. The molecule has 0 aliphatic rings. The van der Waals surface area contributed by atoms with E-state index in [1.54, 1.807) is 0 Å². The SMILES string of the molecule is CN(C)c1ccc2nc3ccccc3cc2c1. The summed E-state index contributed by atoms with van der Waals surface area (Å²) in [4.78, 5) is 6.77. The maximum absolute atomic E-state index is 4.66. The van der Waals surface area contributed by atoms with Crippen molar-refractivity contribution in [2.45, 2.75) is 0 Å². The summed E-state index contributed by atoms with van der Waals surface area (Å²) in [5.41, 5.74) is 3.31. The number of rotatable bonds is 1. The highest BCUT2D eigenvalue weighted by molar-refractivity contribution is 5.94. The van der Waals surface area contributed by atoms with Crippen molar-refractivity contribution in [3.63, 3.8) is 0 Å². The van der Waals surface area contributed by atoms with Crippen LogP contribution in [-0.4, -0.2) is 19.1 Å². The van der Waals surface area contributed by atoms with Gasteiger partial charge in [0.1, 0.15) is 0 Å². The van der Waals surface area contributed by atoms with Gasteiger partial charge in [-0.1, -0.05) is 18.2 Å². The van der Waals surface area contributed by atoms with Crippen LogP contribution in [0.4, 0.5) is 5.69 Å². The van der Waals surface area contributed by atoms with E-state index in [4.69, 9.17) is 0 Å². The molecule has 1 aromatic heterocycles. The van der Waals surface area contributed by atoms with Crippen LogP contribution in [0, 0.1) is 0 Å². The first kappa shape index (κ1) is 10.1. The Morgan fingerprint density at radius 2 is 1.59 bits per heavy atom. The molecule has 3 rings (SSSR count). The Bertz CT molecular complexity index is 687. The summed E-state index contributed by atoms with van der Waals surface area (Å²) < 4.78 is 0. The molecule has 0 atom stereocenters. The lowest BCUT2D eigenvalue weighted by Crippen LogP contribution is -2.08. The van der Waals surface area contributed by atoms with E-state index in [0.717, 1.165) is 11.0 Å². The highest BCUT2D eigenvalue weighted by atomic mass is 15.1. The molecule has 0 N–H and O–H groups in total. The van der Waals surface area contributed by atoms with Gasteiger partial charge in [0.15, 0.2) is 0 Å². The number of benzene rings is 2. The summed E-state index contributed by atoms with van der Waals surface area (Å²) in [5, 5.41) is 2.38. The molecule has 0 aliphatic heterocycles. The number of hydrogen-bond donors (Lipinski definition) is 0. The topological polar surface area (TPSA) is 16.1 Å². The zero-order valence-corrected chi connectivity index (χ0v) is 10.0. The van der Waals surface area contributed by atoms with Gasteiger partial charge < -0.3 is 4.90 Å². The summed E-state index contributed by atoms with van der Waals surface area (Å²) in [6.45, 7) is 0. The average Bonchev–Trinajstić information content (AvgIpc) is 2.35. The fourth-order valence-corrected chi connectivity index (χ4v) is 2.05. The normalized spacial score (nSPS) is 10.9. The van der Waals surface area contributed by atoms with Crippen molar-refractivity contribution < 1.29 is 0 Å².